The second-order valence-electron chi connectivity index (χ2n) is 6.62. The van der Waals surface area contributed by atoms with Crippen LogP contribution in [0.4, 0.5) is 24.7 Å². The Morgan fingerprint density at radius 3 is 2.80 bits per heavy atom. The monoisotopic (exact) mass is 423 g/mol. The van der Waals surface area contributed by atoms with E-state index in [0.717, 1.165) is 25.0 Å². The molecule has 0 bridgehead atoms. The molecule has 1 aliphatic rings. The number of hydrogen-bond donors (Lipinski definition) is 2. The highest BCUT2D eigenvalue weighted by Gasteiger charge is 2.30. The van der Waals surface area contributed by atoms with Gasteiger partial charge in [-0.05, 0) is 43.2 Å². The number of aromatic nitrogens is 1. The van der Waals surface area contributed by atoms with Crippen LogP contribution in [0.25, 0.3) is 0 Å². The number of halogens is 3. The van der Waals surface area contributed by atoms with E-state index in [2.05, 4.69) is 15.6 Å². The van der Waals surface area contributed by atoms with Gasteiger partial charge in [-0.1, -0.05) is 6.07 Å². The first kappa shape index (κ1) is 21.6. The maximum Gasteiger partial charge on any atom is 0.416 e. The zero-order valence-corrected chi connectivity index (χ0v) is 15.9. The third-order valence-electron chi connectivity index (χ3n) is 4.37. The molecule has 0 spiro atoms. The summed E-state index contributed by atoms with van der Waals surface area (Å²) >= 11 is 0. The van der Waals surface area contributed by atoms with Gasteiger partial charge in [0.15, 0.2) is 6.61 Å². The van der Waals surface area contributed by atoms with E-state index in [1.807, 2.05) is 0 Å². The molecule has 30 heavy (non-hydrogen) atoms. The molecule has 0 unspecified atom stereocenters. The van der Waals surface area contributed by atoms with E-state index in [-0.39, 0.29) is 23.2 Å². The van der Waals surface area contributed by atoms with Gasteiger partial charge in [0.2, 0.25) is 0 Å². The molecule has 1 amide bonds. The van der Waals surface area contributed by atoms with Crippen LogP contribution in [0.3, 0.4) is 0 Å². The summed E-state index contributed by atoms with van der Waals surface area (Å²) in [6.45, 7) is 0.507. The molecule has 160 valence electrons. The van der Waals surface area contributed by atoms with E-state index in [9.17, 15) is 22.8 Å². The molecular formula is C20H20F3N3O4. The second kappa shape index (κ2) is 9.57. The Balaban J connectivity index is 1.60. The van der Waals surface area contributed by atoms with Crippen molar-refractivity contribution in [2.75, 3.05) is 25.1 Å². The molecule has 7 nitrogen and oxygen atoms in total. The normalized spacial score (nSPS) is 16.2. The van der Waals surface area contributed by atoms with Crippen LogP contribution in [0.2, 0.25) is 0 Å². The van der Waals surface area contributed by atoms with Crippen LogP contribution in [0.1, 0.15) is 28.8 Å². The Bertz CT molecular complexity index is 899. The van der Waals surface area contributed by atoms with Gasteiger partial charge in [-0.3, -0.25) is 4.79 Å². The van der Waals surface area contributed by atoms with Gasteiger partial charge in [0, 0.05) is 25.0 Å². The fourth-order valence-corrected chi connectivity index (χ4v) is 2.87. The molecule has 1 saturated heterocycles. The van der Waals surface area contributed by atoms with Gasteiger partial charge < -0.3 is 20.1 Å². The standard InChI is InChI=1S/C20H20F3N3O4/c21-20(22,23)13-4-1-5-14(10-13)26-18-16(7-2-8-24-18)19(28)30-12-17(27)25-11-15-6-3-9-29-15/h1-2,4-5,7-8,10,15H,3,6,9,11-12H2,(H,24,26)(H,25,27)/t15-/m1/s1. The topological polar surface area (TPSA) is 89.6 Å². The molecule has 3 rings (SSSR count). The van der Waals surface area contributed by atoms with Crippen LogP contribution in [0.5, 0.6) is 0 Å². The molecule has 1 aromatic carbocycles. The number of pyridine rings is 1. The van der Waals surface area contributed by atoms with E-state index in [0.29, 0.717) is 13.2 Å². The molecule has 0 saturated carbocycles. The zero-order valence-electron chi connectivity index (χ0n) is 15.9. The van der Waals surface area contributed by atoms with Gasteiger partial charge in [-0.25, -0.2) is 9.78 Å². The van der Waals surface area contributed by atoms with Gasteiger partial charge >= 0.3 is 12.1 Å². The number of esters is 1. The van der Waals surface area contributed by atoms with Crippen molar-refractivity contribution in [1.82, 2.24) is 10.3 Å². The lowest BCUT2D eigenvalue weighted by molar-refractivity contribution is -0.137. The highest BCUT2D eigenvalue weighted by atomic mass is 19.4. The molecular weight excluding hydrogens is 403 g/mol. The number of hydrogen-bond acceptors (Lipinski definition) is 6. The number of nitrogens with zero attached hydrogens (tertiary/aromatic N) is 1. The summed E-state index contributed by atoms with van der Waals surface area (Å²) in [4.78, 5) is 28.2. The van der Waals surface area contributed by atoms with Crippen LogP contribution in [0, 0.1) is 0 Å². The first-order chi connectivity index (χ1) is 14.3. The number of benzene rings is 1. The lowest BCUT2D eigenvalue weighted by Crippen LogP contribution is -2.34. The van der Waals surface area contributed by atoms with Crippen molar-refractivity contribution < 1.29 is 32.2 Å². The van der Waals surface area contributed by atoms with Crippen molar-refractivity contribution in [3.63, 3.8) is 0 Å². The molecule has 1 fully saturated rings. The number of carbonyl (C=O) groups excluding carboxylic acids is 2. The van der Waals surface area contributed by atoms with Crippen LogP contribution in [0.15, 0.2) is 42.6 Å². The fraction of sp³-hybridized carbons (Fsp3) is 0.350. The van der Waals surface area contributed by atoms with Crippen molar-refractivity contribution in [1.29, 1.82) is 0 Å². The van der Waals surface area contributed by atoms with Gasteiger partial charge in [0.1, 0.15) is 11.4 Å². The number of anilines is 2. The summed E-state index contributed by atoms with van der Waals surface area (Å²) in [7, 11) is 0. The van der Waals surface area contributed by atoms with Crippen LogP contribution in [-0.2, 0) is 20.4 Å². The number of ether oxygens (including phenoxy) is 2. The summed E-state index contributed by atoms with van der Waals surface area (Å²) in [5.74, 6) is -1.29. The molecule has 1 aliphatic heterocycles. The van der Waals surface area contributed by atoms with E-state index < -0.39 is 30.2 Å². The molecule has 2 heterocycles. The molecule has 0 aliphatic carbocycles. The summed E-state index contributed by atoms with van der Waals surface area (Å²) in [6, 6.07) is 7.37. The highest BCUT2D eigenvalue weighted by molar-refractivity contribution is 5.96. The van der Waals surface area contributed by atoms with Crippen molar-refractivity contribution in [2.24, 2.45) is 0 Å². The highest BCUT2D eigenvalue weighted by Crippen LogP contribution is 2.31. The summed E-state index contributed by atoms with van der Waals surface area (Å²) < 4.78 is 49.1. The maximum absolute atomic E-state index is 12.9. The average molecular weight is 423 g/mol. The summed E-state index contributed by atoms with van der Waals surface area (Å²) in [5, 5.41) is 5.31. The third-order valence-corrected chi connectivity index (χ3v) is 4.37. The SMILES string of the molecule is O=C(COC(=O)c1cccnc1Nc1cccc(C(F)(F)F)c1)NC[C@H]1CCCO1. The smallest absolute Gasteiger partial charge is 0.416 e. The van der Waals surface area contributed by atoms with Crippen molar-refractivity contribution in [3.05, 3.63) is 53.7 Å². The van der Waals surface area contributed by atoms with Crippen LogP contribution < -0.4 is 10.6 Å². The molecule has 2 aromatic rings. The molecule has 1 atom stereocenters. The fourth-order valence-electron chi connectivity index (χ4n) is 2.87. The largest absolute Gasteiger partial charge is 0.452 e. The van der Waals surface area contributed by atoms with Crippen molar-refractivity contribution in [3.8, 4) is 0 Å². The van der Waals surface area contributed by atoms with Gasteiger partial charge in [-0.15, -0.1) is 0 Å². The number of nitrogens with one attached hydrogen (secondary N) is 2. The first-order valence-corrected chi connectivity index (χ1v) is 9.27. The molecule has 1 aromatic heterocycles. The van der Waals surface area contributed by atoms with E-state index in [1.54, 1.807) is 0 Å². The lowest BCUT2D eigenvalue weighted by Gasteiger charge is -2.13. The predicted octanol–water partition coefficient (Wildman–Crippen LogP) is 3.30. The van der Waals surface area contributed by atoms with Crippen molar-refractivity contribution in [2.45, 2.75) is 25.1 Å². The summed E-state index contributed by atoms with van der Waals surface area (Å²) in [5.41, 5.74) is -0.746. The van der Waals surface area contributed by atoms with Gasteiger partial charge in [0.05, 0.1) is 11.7 Å². The van der Waals surface area contributed by atoms with E-state index in [1.165, 1.54) is 30.5 Å². The van der Waals surface area contributed by atoms with Gasteiger partial charge in [0.25, 0.3) is 5.91 Å². The van der Waals surface area contributed by atoms with E-state index >= 15 is 0 Å². The predicted molar refractivity (Wildman–Crippen MR) is 101 cm³/mol. The minimum Gasteiger partial charge on any atom is -0.452 e. The number of carbonyl (C=O) groups is 2. The number of alkyl halides is 3. The molecule has 2 N–H and O–H groups in total. The lowest BCUT2D eigenvalue weighted by atomic mass is 10.2. The van der Waals surface area contributed by atoms with E-state index in [4.69, 9.17) is 9.47 Å². The summed E-state index contributed by atoms with van der Waals surface area (Å²) in [6.07, 6.45) is -1.36. The maximum atomic E-state index is 12.9. The minimum atomic E-state index is -4.50. The quantitative estimate of drug-likeness (QED) is 0.665. The Labute approximate surface area is 170 Å². The van der Waals surface area contributed by atoms with Gasteiger partial charge in [-0.2, -0.15) is 13.2 Å². The second-order valence-corrected chi connectivity index (χ2v) is 6.62. The Morgan fingerprint density at radius 2 is 2.07 bits per heavy atom. The Kier molecular flexibility index (Phi) is 6.88. The minimum absolute atomic E-state index is 0.0122. The van der Waals surface area contributed by atoms with Crippen LogP contribution >= 0.6 is 0 Å². The average Bonchev–Trinajstić information content (AvgIpc) is 3.24. The van der Waals surface area contributed by atoms with Crippen molar-refractivity contribution >= 4 is 23.4 Å². The third kappa shape index (κ3) is 5.93. The Hall–Kier alpha value is -3.14. The van der Waals surface area contributed by atoms with Crippen LogP contribution in [-0.4, -0.2) is 42.7 Å². The number of rotatable bonds is 7. The molecule has 0 radical (unpaired) electrons. The first-order valence-electron chi connectivity index (χ1n) is 9.27. The Morgan fingerprint density at radius 1 is 1.23 bits per heavy atom. The molecule has 10 heteroatoms. The zero-order chi connectivity index (χ0) is 21.6. The number of amides is 1.